The van der Waals surface area contributed by atoms with Crippen molar-refractivity contribution in [3.8, 4) is 0 Å². The van der Waals surface area contributed by atoms with E-state index in [9.17, 15) is 4.79 Å². The third kappa shape index (κ3) is 1.86. The minimum absolute atomic E-state index is 0.111. The first-order chi connectivity index (χ1) is 9.18. The Kier molecular flexibility index (Phi) is 2.57. The number of hydrogen-bond acceptors (Lipinski definition) is 4. The van der Waals surface area contributed by atoms with Crippen LogP contribution in [0.25, 0.3) is 0 Å². The van der Waals surface area contributed by atoms with Crippen LogP contribution >= 0.6 is 23.1 Å². The summed E-state index contributed by atoms with van der Waals surface area (Å²) in [5, 5.41) is 5.69. The average molecular weight is 294 g/mol. The van der Waals surface area contributed by atoms with Crippen LogP contribution in [0.15, 0.2) is 17.5 Å². The molecule has 1 saturated heterocycles. The summed E-state index contributed by atoms with van der Waals surface area (Å²) >= 11 is 3.67. The second kappa shape index (κ2) is 3.99. The van der Waals surface area contributed by atoms with Crippen molar-refractivity contribution in [2.45, 2.75) is 42.1 Å². The monoisotopic (exact) mass is 294 g/mol. The molecule has 1 N–H and O–H groups in total. The topological polar surface area (TPSA) is 32.3 Å². The van der Waals surface area contributed by atoms with Crippen LogP contribution in [0.5, 0.6) is 0 Å². The van der Waals surface area contributed by atoms with Crippen molar-refractivity contribution < 1.29 is 4.79 Å². The second-order valence-corrected chi connectivity index (χ2v) is 8.22. The Morgan fingerprint density at radius 3 is 2.79 bits per heavy atom. The highest BCUT2D eigenvalue weighted by atomic mass is 32.2. The number of hydrogen-bond donors (Lipinski definition) is 1. The smallest absolute Gasteiger partial charge is 0.244 e. The summed E-state index contributed by atoms with van der Waals surface area (Å²) in [7, 11) is 0. The lowest BCUT2D eigenvalue weighted by atomic mass is 10.2. The van der Waals surface area contributed by atoms with Gasteiger partial charge in [0.15, 0.2) is 0 Å². The highest BCUT2D eigenvalue weighted by molar-refractivity contribution is 8.00. The molecular formula is C14H18N2OS2. The fourth-order valence-corrected chi connectivity index (χ4v) is 4.55. The van der Waals surface area contributed by atoms with Gasteiger partial charge in [-0.1, -0.05) is 6.07 Å². The van der Waals surface area contributed by atoms with E-state index in [2.05, 4.69) is 34.0 Å². The van der Waals surface area contributed by atoms with E-state index in [0.29, 0.717) is 10.7 Å². The molecule has 102 valence electrons. The first-order valence-electron chi connectivity index (χ1n) is 6.85. The highest BCUT2D eigenvalue weighted by Gasteiger charge is 2.61. The maximum Gasteiger partial charge on any atom is 0.244 e. The zero-order valence-electron chi connectivity index (χ0n) is 11.0. The quantitative estimate of drug-likeness (QED) is 0.926. The van der Waals surface area contributed by atoms with Gasteiger partial charge in [0.05, 0.1) is 0 Å². The van der Waals surface area contributed by atoms with Crippen molar-refractivity contribution in [1.82, 2.24) is 10.2 Å². The van der Waals surface area contributed by atoms with E-state index in [4.69, 9.17) is 0 Å². The molecule has 1 atom stereocenters. The van der Waals surface area contributed by atoms with Crippen LogP contribution in [-0.4, -0.2) is 33.9 Å². The van der Waals surface area contributed by atoms with Gasteiger partial charge in [-0.2, -0.15) is 11.8 Å². The Balaban J connectivity index is 1.63. The van der Waals surface area contributed by atoms with Crippen LogP contribution in [0.4, 0.5) is 0 Å². The first-order valence-corrected chi connectivity index (χ1v) is 8.96. The Labute approximate surface area is 121 Å². The van der Waals surface area contributed by atoms with Crippen molar-refractivity contribution in [2.24, 2.45) is 0 Å². The summed E-state index contributed by atoms with van der Waals surface area (Å²) in [5.74, 6) is 0.339. The van der Waals surface area contributed by atoms with Gasteiger partial charge in [0, 0.05) is 16.2 Å². The normalized spacial score (nSPS) is 30.1. The number of rotatable bonds is 4. The van der Waals surface area contributed by atoms with Gasteiger partial charge in [0.1, 0.15) is 11.7 Å². The van der Waals surface area contributed by atoms with Crippen molar-refractivity contribution in [3.63, 3.8) is 0 Å². The summed E-state index contributed by atoms with van der Waals surface area (Å²) in [4.78, 5) is 16.1. The molecule has 4 rings (SSSR count). The van der Waals surface area contributed by atoms with Crippen LogP contribution in [0.2, 0.25) is 0 Å². The molecule has 1 unspecified atom stereocenters. The average Bonchev–Trinajstić information content (AvgIpc) is 3.30. The van der Waals surface area contributed by atoms with Gasteiger partial charge in [-0.25, -0.2) is 0 Å². The van der Waals surface area contributed by atoms with Gasteiger partial charge in [-0.15, -0.1) is 11.3 Å². The molecule has 0 radical (unpaired) electrons. The molecule has 1 amide bonds. The minimum Gasteiger partial charge on any atom is -0.319 e. The molecule has 0 aromatic carbocycles. The molecule has 2 heterocycles. The number of nitrogens with one attached hydrogen (secondary N) is 1. The molecule has 19 heavy (non-hydrogen) atoms. The molecule has 1 aliphatic heterocycles. The van der Waals surface area contributed by atoms with E-state index in [1.54, 1.807) is 11.3 Å². The van der Waals surface area contributed by atoms with Crippen LogP contribution in [0.1, 0.15) is 36.7 Å². The Morgan fingerprint density at radius 2 is 2.26 bits per heavy atom. The maximum absolute atomic E-state index is 12.7. The fourth-order valence-electron chi connectivity index (χ4n) is 2.99. The van der Waals surface area contributed by atoms with Gasteiger partial charge in [-0.05, 0) is 43.4 Å². The van der Waals surface area contributed by atoms with Crippen LogP contribution in [-0.2, 0) is 4.79 Å². The number of carbonyl (C=O) groups excluding carboxylic acids is 1. The molecule has 3 nitrogen and oxygen atoms in total. The van der Waals surface area contributed by atoms with Gasteiger partial charge in [0.2, 0.25) is 5.91 Å². The van der Waals surface area contributed by atoms with E-state index in [1.165, 1.54) is 17.7 Å². The van der Waals surface area contributed by atoms with Crippen LogP contribution < -0.4 is 5.32 Å². The molecule has 1 spiro atoms. The minimum atomic E-state index is -0.205. The van der Waals surface area contributed by atoms with Crippen LogP contribution in [0.3, 0.4) is 0 Å². The zero-order chi connectivity index (χ0) is 13.1. The molecule has 0 bridgehead atoms. The van der Waals surface area contributed by atoms with Gasteiger partial charge < -0.3 is 4.90 Å². The molecule has 2 aliphatic carbocycles. The number of carbonyl (C=O) groups is 1. The lowest BCUT2D eigenvalue weighted by molar-refractivity contribution is -0.130. The summed E-state index contributed by atoms with van der Waals surface area (Å²) in [6.07, 6.45) is 6.81. The maximum atomic E-state index is 12.7. The second-order valence-electron chi connectivity index (χ2n) is 5.96. The Morgan fingerprint density at radius 1 is 1.47 bits per heavy atom. The lowest BCUT2D eigenvalue weighted by Gasteiger charge is -2.27. The largest absolute Gasteiger partial charge is 0.319 e. The number of amides is 1. The van der Waals surface area contributed by atoms with Gasteiger partial charge >= 0.3 is 0 Å². The van der Waals surface area contributed by atoms with Crippen molar-refractivity contribution in [3.05, 3.63) is 22.4 Å². The number of thioether (sulfide) groups is 1. The van der Waals surface area contributed by atoms with Crippen LogP contribution in [0, 0.1) is 0 Å². The summed E-state index contributed by atoms with van der Waals surface area (Å²) in [5.41, 5.74) is -0.205. The molecule has 1 aromatic rings. The van der Waals surface area contributed by atoms with E-state index >= 15 is 0 Å². The number of thiophene rings is 1. The summed E-state index contributed by atoms with van der Waals surface area (Å²) in [6, 6.07) is 4.21. The molecule has 3 aliphatic rings. The molecule has 2 saturated carbocycles. The Bertz CT molecular complexity index is 506. The van der Waals surface area contributed by atoms with Crippen molar-refractivity contribution in [1.29, 1.82) is 0 Å². The van der Waals surface area contributed by atoms with Gasteiger partial charge in [0.25, 0.3) is 0 Å². The third-order valence-electron chi connectivity index (χ3n) is 4.66. The molecule has 1 aromatic heterocycles. The summed E-state index contributed by atoms with van der Waals surface area (Å²) < 4.78 is 0.341. The summed E-state index contributed by atoms with van der Waals surface area (Å²) in [6.45, 7) is 0.907. The predicted molar refractivity (Wildman–Crippen MR) is 79.4 cm³/mol. The zero-order valence-corrected chi connectivity index (χ0v) is 12.6. The van der Waals surface area contributed by atoms with Gasteiger partial charge in [-0.3, -0.25) is 10.1 Å². The first kappa shape index (κ1) is 12.2. The fraction of sp³-hybridized carbons (Fsp3) is 0.643. The SMILES string of the molecule is CSC1(CN2C(=O)C3(CC3)NC2c2cccs2)CC1. The standard InChI is InChI=1S/C14H18N2OS2/c1-18-13(4-5-13)9-16-11(10-3-2-8-19-10)15-14(6-7-14)12(16)17/h2-3,8,11,15H,4-7,9H2,1H3. The van der Waals surface area contributed by atoms with E-state index in [1.807, 2.05) is 11.8 Å². The highest BCUT2D eigenvalue weighted by Crippen LogP contribution is 2.52. The van der Waals surface area contributed by atoms with E-state index in [-0.39, 0.29) is 11.7 Å². The third-order valence-corrected chi connectivity index (χ3v) is 6.98. The molecule has 5 heteroatoms. The molecule has 3 fully saturated rings. The number of nitrogens with zero attached hydrogens (tertiary/aromatic N) is 1. The van der Waals surface area contributed by atoms with E-state index < -0.39 is 0 Å². The van der Waals surface area contributed by atoms with Crippen molar-refractivity contribution in [2.75, 3.05) is 12.8 Å². The lowest BCUT2D eigenvalue weighted by Crippen LogP contribution is -2.37. The predicted octanol–water partition coefficient (Wildman–Crippen LogP) is 2.61. The molecular weight excluding hydrogens is 276 g/mol. The van der Waals surface area contributed by atoms with E-state index in [0.717, 1.165) is 19.4 Å². The van der Waals surface area contributed by atoms with Crippen molar-refractivity contribution >= 4 is 29.0 Å². The Hall–Kier alpha value is -0.520.